The van der Waals surface area contributed by atoms with Crippen LogP contribution in [0.15, 0.2) is 46.9 Å². The molecule has 0 radical (unpaired) electrons. The molecule has 21 heavy (non-hydrogen) atoms. The summed E-state index contributed by atoms with van der Waals surface area (Å²) in [6, 6.07) is 13.4. The van der Waals surface area contributed by atoms with E-state index in [-0.39, 0.29) is 0 Å². The van der Waals surface area contributed by atoms with Crippen LogP contribution in [0.25, 0.3) is 0 Å². The fraction of sp³-hybridized carbons (Fsp3) is 0.188. The highest BCUT2D eigenvalue weighted by atomic mass is 79.9. The van der Waals surface area contributed by atoms with Gasteiger partial charge in [-0.1, -0.05) is 24.4 Å². The predicted octanol–water partition coefficient (Wildman–Crippen LogP) is 3.85. The van der Waals surface area contributed by atoms with Crippen LogP contribution in [0.5, 0.6) is 11.5 Å². The molecule has 110 valence electrons. The van der Waals surface area contributed by atoms with Gasteiger partial charge in [0.25, 0.3) is 0 Å². The van der Waals surface area contributed by atoms with Gasteiger partial charge in [-0.25, -0.2) is 0 Å². The van der Waals surface area contributed by atoms with Crippen molar-refractivity contribution in [3.63, 3.8) is 0 Å². The molecule has 2 rings (SSSR count). The molecule has 0 aliphatic rings. The third kappa shape index (κ3) is 4.72. The van der Waals surface area contributed by atoms with Crippen LogP contribution in [0.4, 0.5) is 0 Å². The van der Waals surface area contributed by atoms with Gasteiger partial charge < -0.3 is 15.2 Å². The molecule has 0 aliphatic heterocycles. The molecule has 0 saturated carbocycles. The van der Waals surface area contributed by atoms with Gasteiger partial charge in [0, 0.05) is 5.56 Å². The molecule has 2 aromatic rings. The van der Waals surface area contributed by atoms with Crippen LogP contribution in [0.3, 0.4) is 0 Å². The zero-order valence-corrected chi connectivity index (χ0v) is 14.0. The quantitative estimate of drug-likeness (QED) is 0.623. The smallest absolute Gasteiger partial charge is 0.133 e. The third-order valence-corrected chi connectivity index (χ3v) is 3.67. The minimum absolute atomic E-state index is 0.366. The maximum Gasteiger partial charge on any atom is 0.133 e. The summed E-state index contributed by atoms with van der Waals surface area (Å²) in [7, 11) is 0. The van der Waals surface area contributed by atoms with Gasteiger partial charge in [-0.15, -0.1) is 0 Å². The Morgan fingerprint density at radius 2 is 1.90 bits per heavy atom. The Balaban J connectivity index is 1.85. The average molecular weight is 366 g/mol. The Morgan fingerprint density at radius 3 is 2.57 bits per heavy atom. The number of hydrogen-bond acceptors (Lipinski definition) is 3. The molecule has 2 aromatic carbocycles. The van der Waals surface area contributed by atoms with Crippen molar-refractivity contribution >= 4 is 33.1 Å². The van der Waals surface area contributed by atoms with E-state index in [4.69, 9.17) is 27.4 Å². The van der Waals surface area contributed by atoms with Crippen molar-refractivity contribution in [3.05, 3.63) is 58.1 Å². The van der Waals surface area contributed by atoms with Crippen LogP contribution in [-0.4, -0.2) is 18.2 Å². The van der Waals surface area contributed by atoms with E-state index in [9.17, 15) is 0 Å². The largest absolute Gasteiger partial charge is 0.490 e. The highest BCUT2D eigenvalue weighted by molar-refractivity contribution is 9.10. The van der Waals surface area contributed by atoms with E-state index in [0.29, 0.717) is 18.2 Å². The molecular weight excluding hydrogens is 350 g/mol. The first-order chi connectivity index (χ1) is 10.1. The predicted molar refractivity (Wildman–Crippen MR) is 92.2 cm³/mol. The van der Waals surface area contributed by atoms with Crippen LogP contribution in [0.1, 0.15) is 11.1 Å². The molecule has 0 aliphatic carbocycles. The van der Waals surface area contributed by atoms with Crippen molar-refractivity contribution in [3.8, 4) is 11.5 Å². The fourth-order valence-corrected chi connectivity index (χ4v) is 2.41. The van der Waals surface area contributed by atoms with E-state index in [1.807, 2.05) is 49.4 Å². The summed E-state index contributed by atoms with van der Waals surface area (Å²) in [4.78, 5) is 0.366. The first kappa shape index (κ1) is 15.8. The summed E-state index contributed by atoms with van der Waals surface area (Å²) in [5.41, 5.74) is 7.56. The highest BCUT2D eigenvalue weighted by Crippen LogP contribution is 2.26. The average Bonchev–Trinajstić information content (AvgIpc) is 2.45. The van der Waals surface area contributed by atoms with E-state index in [0.717, 1.165) is 21.5 Å². The molecule has 2 N–H and O–H groups in total. The summed E-state index contributed by atoms with van der Waals surface area (Å²) in [5.74, 6) is 1.59. The van der Waals surface area contributed by atoms with E-state index in [1.165, 1.54) is 5.56 Å². The maximum absolute atomic E-state index is 5.67. The topological polar surface area (TPSA) is 44.5 Å². The lowest BCUT2D eigenvalue weighted by Gasteiger charge is -2.11. The lowest BCUT2D eigenvalue weighted by Crippen LogP contribution is -2.11. The number of hydrogen-bond donors (Lipinski definition) is 1. The lowest BCUT2D eigenvalue weighted by atomic mass is 10.2. The Labute approximate surface area is 138 Å². The number of benzene rings is 2. The number of thiocarbonyl (C=S) groups is 1. The summed E-state index contributed by atoms with van der Waals surface area (Å²) in [6.07, 6.45) is 0. The maximum atomic E-state index is 5.67. The molecule has 0 spiro atoms. The zero-order chi connectivity index (χ0) is 15.2. The van der Waals surface area contributed by atoms with Crippen LogP contribution in [-0.2, 0) is 0 Å². The van der Waals surface area contributed by atoms with E-state index in [1.54, 1.807) is 0 Å². The third-order valence-electron chi connectivity index (χ3n) is 2.82. The normalized spacial score (nSPS) is 10.2. The Kier molecular flexibility index (Phi) is 5.59. The summed E-state index contributed by atoms with van der Waals surface area (Å²) in [5, 5.41) is 0. The molecule has 5 heteroatoms. The van der Waals surface area contributed by atoms with Gasteiger partial charge in [-0.05, 0) is 58.7 Å². The second kappa shape index (κ2) is 7.43. The molecule has 0 fully saturated rings. The SMILES string of the molecule is Cc1cccc(OCCOc2ccc(C(N)=S)cc2Br)c1. The molecule has 0 saturated heterocycles. The van der Waals surface area contributed by atoms with Gasteiger partial charge in [0.2, 0.25) is 0 Å². The van der Waals surface area contributed by atoms with E-state index >= 15 is 0 Å². The Morgan fingerprint density at radius 1 is 1.14 bits per heavy atom. The first-order valence-electron chi connectivity index (χ1n) is 6.48. The number of ether oxygens (including phenoxy) is 2. The standard InChI is InChI=1S/C16H16BrNO2S/c1-11-3-2-4-13(9-11)19-7-8-20-15-6-5-12(16(18)21)10-14(15)17/h2-6,9-10H,7-8H2,1H3,(H2,18,21). The van der Waals surface area contributed by atoms with Crippen LogP contribution < -0.4 is 15.2 Å². The van der Waals surface area contributed by atoms with Crippen molar-refractivity contribution in [2.24, 2.45) is 5.73 Å². The van der Waals surface area contributed by atoms with E-state index in [2.05, 4.69) is 15.9 Å². The summed E-state index contributed by atoms with van der Waals surface area (Å²) < 4.78 is 12.1. The van der Waals surface area contributed by atoms with Crippen LogP contribution >= 0.6 is 28.1 Å². The number of rotatable bonds is 6. The van der Waals surface area contributed by atoms with Crippen molar-refractivity contribution in [1.29, 1.82) is 0 Å². The number of aryl methyl sites for hydroxylation is 1. The zero-order valence-electron chi connectivity index (χ0n) is 11.6. The fourth-order valence-electron chi connectivity index (χ4n) is 1.79. The Hall–Kier alpha value is -1.59. The second-order valence-electron chi connectivity index (χ2n) is 4.52. The lowest BCUT2D eigenvalue weighted by molar-refractivity contribution is 0.216. The highest BCUT2D eigenvalue weighted by Gasteiger charge is 2.04. The van der Waals surface area contributed by atoms with Gasteiger partial charge in [-0.3, -0.25) is 0 Å². The minimum Gasteiger partial charge on any atom is -0.490 e. The number of halogens is 1. The number of nitrogens with two attached hydrogens (primary N) is 1. The van der Waals surface area contributed by atoms with Gasteiger partial charge in [0.1, 0.15) is 29.7 Å². The summed E-state index contributed by atoms with van der Waals surface area (Å²) >= 11 is 8.37. The minimum atomic E-state index is 0.366. The van der Waals surface area contributed by atoms with Crippen LogP contribution in [0, 0.1) is 6.92 Å². The molecule has 0 bridgehead atoms. The van der Waals surface area contributed by atoms with Crippen molar-refractivity contribution in [1.82, 2.24) is 0 Å². The molecule has 0 amide bonds. The van der Waals surface area contributed by atoms with Gasteiger partial charge in [-0.2, -0.15) is 0 Å². The molecule has 0 aromatic heterocycles. The van der Waals surface area contributed by atoms with E-state index < -0.39 is 0 Å². The Bertz CT molecular complexity index is 646. The molecule has 0 atom stereocenters. The summed E-state index contributed by atoms with van der Waals surface area (Å²) in [6.45, 7) is 2.97. The second-order valence-corrected chi connectivity index (χ2v) is 5.82. The molecule has 0 unspecified atom stereocenters. The van der Waals surface area contributed by atoms with Gasteiger partial charge >= 0.3 is 0 Å². The van der Waals surface area contributed by atoms with Gasteiger partial charge in [0.15, 0.2) is 0 Å². The molecular formula is C16H16BrNO2S. The monoisotopic (exact) mass is 365 g/mol. The first-order valence-corrected chi connectivity index (χ1v) is 7.68. The molecule has 3 nitrogen and oxygen atoms in total. The van der Waals surface area contributed by atoms with Crippen LogP contribution in [0.2, 0.25) is 0 Å². The van der Waals surface area contributed by atoms with Crippen molar-refractivity contribution in [2.75, 3.05) is 13.2 Å². The van der Waals surface area contributed by atoms with Crippen molar-refractivity contribution in [2.45, 2.75) is 6.92 Å². The molecule has 0 heterocycles. The van der Waals surface area contributed by atoms with Gasteiger partial charge in [0.05, 0.1) is 4.47 Å². The van der Waals surface area contributed by atoms with Crippen molar-refractivity contribution < 1.29 is 9.47 Å².